The summed E-state index contributed by atoms with van der Waals surface area (Å²) in [4.78, 5) is 0. The Kier molecular flexibility index (Phi) is 6.80. The zero-order chi connectivity index (χ0) is 13.8. The third kappa shape index (κ3) is 4.37. The number of aliphatic hydroxyl groups excluding tert-OH is 1. The van der Waals surface area contributed by atoms with Crippen molar-refractivity contribution in [2.75, 3.05) is 0 Å². The van der Waals surface area contributed by atoms with Gasteiger partial charge in [0, 0.05) is 0 Å². The summed E-state index contributed by atoms with van der Waals surface area (Å²) in [6.45, 7) is 4.01. The number of benzene rings is 1. The monoisotopic (exact) mass is 299 g/mol. The fourth-order valence-electron chi connectivity index (χ4n) is 2.83. The summed E-state index contributed by atoms with van der Waals surface area (Å²) < 4.78 is 5.61. The SMILES string of the molecule is CC(C)Oc1ccc([C@@H](N)[C@@H](O)C2CCCC2)cc1.Cl. The largest absolute Gasteiger partial charge is 0.491 e. The molecule has 3 nitrogen and oxygen atoms in total. The number of hydrogen-bond donors (Lipinski definition) is 2. The summed E-state index contributed by atoms with van der Waals surface area (Å²) in [5.74, 6) is 1.21. The van der Waals surface area contributed by atoms with Crippen LogP contribution in [0.1, 0.15) is 51.1 Å². The van der Waals surface area contributed by atoms with E-state index in [0.717, 1.165) is 24.2 Å². The van der Waals surface area contributed by atoms with Gasteiger partial charge < -0.3 is 15.6 Å². The van der Waals surface area contributed by atoms with E-state index in [0.29, 0.717) is 5.92 Å². The Morgan fingerprint density at radius 1 is 1.15 bits per heavy atom. The van der Waals surface area contributed by atoms with Crippen molar-refractivity contribution in [2.24, 2.45) is 11.7 Å². The zero-order valence-corrected chi connectivity index (χ0v) is 13.1. The summed E-state index contributed by atoms with van der Waals surface area (Å²) >= 11 is 0. The van der Waals surface area contributed by atoms with Crippen molar-refractivity contribution in [1.29, 1.82) is 0 Å². The maximum Gasteiger partial charge on any atom is 0.119 e. The maximum absolute atomic E-state index is 10.3. The molecule has 1 aliphatic carbocycles. The molecule has 4 heteroatoms. The first kappa shape index (κ1) is 17.3. The van der Waals surface area contributed by atoms with E-state index in [1.807, 2.05) is 38.1 Å². The predicted octanol–water partition coefficient (Wildman–Crippen LogP) is 3.45. The Hall–Kier alpha value is -0.770. The highest BCUT2D eigenvalue weighted by molar-refractivity contribution is 5.85. The van der Waals surface area contributed by atoms with Crippen molar-refractivity contribution < 1.29 is 9.84 Å². The van der Waals surface area contributed by atoms with Crippen LogP contribution in [-0.2, 0) is 0 Å². The van der Waals surface area contributed by atoms with E-state index < -0.39 is 6.10 Å². The van der Waals surface area contributed by atoms with Crippen molar-refractivity contribution in [1.82, 2.24) is 0 Å². The molecule has 1 aromatic rings. The summed E-state index contributed by atoms with van der Waals surface area (Å²) in [5, 5.41) is 10.3. The second kappa shape index (κ2) is 7.87. The van der Waals surface area contributed by atoms with Crippen LogP contribution in [0.15, 0.2) is 24.3 Å². The maximum atomic E-state index is 10.3. The minimum atomic E-state index is -0.431. The minimum absolute atomic E-state index is 0. The van der Waals surface area contributed by atoms with Crippen molar-refractivity contribution in [3.63, 3.8) is 0 Å². The molecule has 20 heavy (non-hydrogen) atoms. The first-order valence-corrected chi connectivity index (χ1v) is 7.28. The molecule has 0 aromatic heterocycles. The molecule has 0 radical (unpaired) electrons. The molecule has 1 fully saturated rings. The molecule has 0 heterocycles. The quantitative estimate of drug-likeness (QED) is 0.875. The Labute approximate surface area is 127 Å². The molecule has 2 atom stereocenters. The zero-order valence-electron chi connectivity index (χ0n) is 12.3. The van der Waals surface area contributed by atoms with Crippen LogP contribution in [0.2, 0.25) is 0 Å². The van der Waals surface area contributed by atoms with Gasteiger partial charge in [0.1, 0.15) is 5.75 Å². The van der Waals surface area contributed by atoms with Gasteiger partial charge in [-0.25, -0.2) is 0 Å². The highest BCUT2D eigenvalue weighted by Gasteiger charge is 2.28. The van der Waals surface area contributed by atoms with Crippen LogP contribution < -0.4 is 10.5 Å². The van der Waals surface area contributed by atoms with E-state index in [1.54, 1.807) is 0 Å². The lowest BCUT2D eigenvalue weighted by Gasteiger charge is -2.24. The van der Waals surface area contributed by atoms with Crippen molar-refractivity contribution in [2.45, 2.75) is 57.8 Å². The number of ether oxygens (including phenoxy) is 1. The van der Waals surface area contributed by atoms with Gasteiger partial charge in [0.25, 0.3) is 0 Å². The summed E-state index contributed by atoms with van der Waals surface area (Å²) in [6, 6.07) is 7.48. The second-order valence-corrected chi connectivity index (χ2v) is 5.80. The number of halogens is 1. The lowest BCUT2D eigenvalue weighted by molar-refractivity contribution is 0.0844. The Balaban J connectivity index is 0.00000200. The van der Waals surface area contributed by atoms with Gasteiger partial charge in [0.05, 0.1) is 18.2 Å². The molecule has 0 bridgehead atoms. The number of hydrogen-bond acceptors (Lipinski definition) is 3. The highest BCUT2D eigenvalue weighted by Crippen LogP contribution is 2.32. The molecule has 0 unspecified atom stereocenters. The second-order valence-electron chi connectivity index (χ2n) is 5.80. The number of nitrogens with two attached hydrogens (primary N) is 1. The normalized spacial score (nSPS) is 18.6. The molecule has 0 aliphatic heterocycles. The first-order chi connectivity index (χ1) is 9.08. The summed E-state index contributed by atoms with van der Waals surface area (Å²) in [7, 11) is 0. The molecule has 0 amide bonds. The van der Waals surface area contributed by atoms with Crippen molar-refractivity contribution >= 4 is 12.4 Å². The van der Waals surface area contributed by atoms with Crippen LogP contribution in [0.4, 0.5) is 0 Å². The van der Waals surface area contributed by atoms with Crippen LogP contribution in [0.5, 0.6) is 5.75 Å². The molecule has 1 aromatic carbocycles. The van der Waals surface area contributed by atoms with E-state index in [4.69, 9.17) is 10.5 Å². The van der Waals surface area contributed by atoms with Gasteiger partial charge in [-0.05, 0) is 50.3 Å². The molecule has 3 N–H and O–H groups in total. The fourth-order valence-corrected chi connectivity index (χ4v) is 2.83. The van der Waals surface area contributed by atoms with Gasteiger partial charge in [-0.2, -0.15) is 0 Å². The molecule has 1 aliphatic rings. The van der Waals surface area contributed by atoms with Crippen LogP contribution >= 0.6 is 12.4 Å². The minimum Gasteiger partial charge on any atom is -0.491 e. The van der Waals surface area contributed by atoms with E-state index >= 15 is 0 Å². The Morgan fingerprint density at radius 3 is 2.20 bits per heavy atom. The van der Waals surface area contributed by atoms with Crippen LogP contribution in [0.3, 0.4) is 0 Å². The lowest BCUT2D eigenvalue weighted by atomic mass is 9.91. The first-order valence-electron chi connectivity index (χ1n) is 7.28. The van der Waals surface area contributed by atoms with Gasteiger partial charge in [0.15, 0.2) is 0 Å². The van der Waals surface area contributed by atoms with E-state index in [9.17, 15) is 5.11 Å². The third-order valence-corrected chi connectivity index (χ3v) is 3.89. The van der Waals surface area contributed by atoms with Crippen LogP contribution in [0, 0.1) is 5.92 Å². The van der Waals surface area contributed by atoms with Gasteiger partial charge in [-0.15, -0.1) is 12.4 Å². The van der Waals surface area contributed by atoms with E-state index in [2.05, 4.69) is 0 Å². The van der Waals surface area contributed by atoms with Crippen molar-refractivity contribution in [3.05, 3.63) is 29.8 Å². The molecular formula is C16H26ClNO2. The average Bonchev–Trinajstić information content (AvgIpc) is 2.91. The smallest absolute Gasteiger partial charge is 0.119 e. The van der Waals surface area contributed by atoms with E-state index in [-0.39, 0.29) is 24.6 Å². The predicted molar refractivity (Wildman–Crippen MR) is 84.3 cm³/mol. The Morgan fingerprint density at radius 2 is 1.70 bits per heavy atom. The van der Waals surface area contributed by atoms with E-state index in [1.165, 1.54) is 12.8 Å². The molecular weight excluding hydrogens is 274 g/mol. The van der Waals surface area contributed by atoms with Crippen molar-refractivity contribution in [3.8, 4) is 5.75 Å². The van der Waals surface area contributed by atoms with Crippen LogP contribution in [0.25, 0.3) is 0 Å². The van der Waals surface area contributed by atoms with Gasteiger partial charge in [-0.3, -0.25) is 0 Å². The van der Waals surface area contributed by atoms with Gasteiger partial charge >= 0.3 is 0 Å². The van der Waals surface area contributed by atoms with Crippen LogP contribution in [-0.4, -0.2) is 17.3 Å². The standard InChI is InChI=1S/C16H25NO2.ClH/c1-11(2)19-14-9-7-12(8-10-14)15(17)16(18)13-5-3-4-6-13;/h7-11,13,15-16,18H,3-6,17H2,1-2H3;1H/t15-,16+;/m1./s1. The molecule has 2 rings (SSSR count). The van der Waals surface area contributed by atoms with Gasteiger partial charge in [-0.1, -0.05) is 25.0 Å². The molecule has 1 saturated carbocycles. The summed E-state index contributed by atoms with van der Waals surface area (Å²) in [5.41, 5.74) is 7.16. The fraction of sp³-hybridized carbons (Fsp3) is 0.625. The number of aliphatic hydroxyl groups is 1. The number of rotatable bonds is 5. The van der Waals surface area contributed by atoms with Gasteiger partial charge in [0.2, 0.25) is 0 Å². The average molecular weight is 300 g/mol. The highest BCUT2D eigenvalue weighted by atomic mass is 35.5. The molecule has 0 spiro atoms. The Bertz CT molecular complexity index is 388. The summed E-state index contributed by atoms with van der Waals surface area (Å²) in [6.07, 6.45) is 4.38. The molecule has 0 saturated heterocycles. The third-order valence-electron chi connectivity index (χ3n) is 3.89. The topological polar surface area (TPSA) is 55.5 Å². The lowest BCUT2D eigenvalue weighted by Crippen LogP contribution is -2.31. The molecule has 114 valence electrons.